The largest absolute Gasteiger partial charge is 0.342 e. The van der Waals surface area contributed by atoms with E-state index in [0.717, 1.165) is 3.57 Å². The molecular weight excluding hydrogens is 391 g/mol. The van der Waals surface area contributed by atoms with Crippen molar-refractivity contribution in [3.63, 3.8) is 0 Å². The molecule has 4 nitrogen and oxygen atoms in total. The molecule has 0 saturated heterocycles. The van der Waals surface area contributed by atoms with Gasteiger partial charge < -0.3 is 9.80 Å². The highest BCUT2D eigenvalue weighted by Crippen LogP contribution is 2.20. The fourth-order valence-corrected chi connectivity index (χ4v) is 2.32. The number of hydrogen-bond acceptors (Lipinski definition) is 2. The van der Waals surface area contributed by atoms with Gasteiger partial charge in [-0.15, -0.1) is 0 Å². The maximum Gasteiger partial charge on any atom is 0.254 e. The molecule has 0 spiro atoms. The Balaban J connectivity index is 2.76. The molecule has 1 rings (SSSR count). The number of hydrogen-bond donors (Lipinski definition) is 0. The van der Waals surface area contributed by atoms with E-state index in [9.17, 15) is 9.59 Å². The first kappa shape index (κ1) is 17.2. The second-order valence-electron chi connectivity index (χ2n) is 4.36. The van der Waals surface area contributed by atoms with E-state index in [0.29, 0.717) is 23.7 Å². The standard InChI is InChI=1S/C14H18ClIN2O2/c1-4-18(5-2)13(19)9-17(3)14(20)10-6-7-12(16)11(15)8-10/h6-8H,4-5,9H2,1-3H3. The number of rotatable bonds is 5. The van der Waals surface area contributed by atoms with E-state index in [1.807, 2.05) is 13.8 Å². The summed E-state index contributed by atoms with van der Waals surface area (Å²) in [6.07, 6.45) is 0. The summed E-state index contributed by atoms with van der Waals surface area (Å²) < 4.78 is 0.891. The summed E-state index contributed by atoms with van der Waals surface area (Å²) in [5.74, 6) is -0.258. The van der Waals surface area contributed by atoms with Crippen molar-refractivity contribution < 1.29 is 9.59 Å². The summed E-state index contributed by atoms with van der Waals surface area (Å²) in [5.41, 5.74) is 0.491. The molecular formula is C14H18ClIN2O2. The molecule has 0 radical (unpaired) electrons. The Morgan fingerprint density at radius 1 is 1.25 bits per heavy atom. The zero-order valence-corrected chi connectivity index (χ0v) is 14.7. The second kappa shape index (κ2) is 7.83. The molecule has 0 fully saturated rings. The Morgan fingerprint density at radius 2 is 1.85 bits per heavy atom. The predicted molar refractivity (Wildman–Crippen MR) is 89.1 cm³/mol. The SMILES string of the molecule is CCN(CC)C(=O)CN(C)C(=O)c1ccc(I)c(Cl)c1. The summed E-state index contributed by atoms with van der Waals surface area (Å²) in [6.45, 7) is 5.20. The van der Waals surface area contributed by atoms with E-state index in [4.69, 9.17) is 11.6 Å². The fourth-order valence-electron chi connectivity index (χ4n) is 1.80. The van der Waals surface area contributed by atoms with Crippen LogP contribution in [-0.2, 0) is 4.79 Å². The highest BCUT2D eigenvalue weighted by molar-refractivity contribution is 14.1. The van der Waals surface area contributed by atoms with Gasteiger partial charge in [0.25, 0.3) is 5.91 Å². The van der Waals surface area contributed by atoms with Gasteiger partial charge in [0, 0.05) is 29.3 Å². The number of likely N-dealkylation sites (N-methyl/N-ethyl adjacent to an activating group) is 2. The Bertz CT molecular complexity index is 504. The van der Waals surface area contributed by atoms with Gasteiger partial charge in [-0.3, -0.25) is 9.59 Å². The molecule has 0 atom stereocenters. The first-order valence-corrected chi connectivity index (χ1v) is 7.84. The molecule has 0 bridgehead atoms. The molecule has 0 aliphatic carbocycles. The summed E-state index contributed by atoms with van der Waals surface area (Å²) in [6, 6.07) is 5.13. The zero-order valence-electron chi connectivity index (χ0n) is 11.8. The van der Waals surface area contributed by atoms with Crippen molar-refractivity contribution in [3.8, 4) is 0 Å². The van der Waals surface area contributed by atoms with E-state index in [2.05, 4.69) is 22.6 Å². The molecule has 0 aliphatic heterocycles. The van der Waals surface area contributed by atoms with Crippen LogP contribution >= 0.6 is 34.2 Å². The third kappa shape index (κ3) is 4.34. The van der Waals surface area contributed by atoms with Crippen molar-refractivity contribution in [2.45, 2.75) is 13.8 Å². The third-order valence-electron chi connectivity index (χ3n) is 3.00. The highest BCUT2D eigenvalue weighted by atomic mass is 127. The Kier molecular flexibility index (Phi) is 6.75. The lowest BCUT2D eigenvalue weighted by Gasteiger charge is -2.23. The summed E-state index contributed by atoms with van der Waals surface area (Å²) in [4.78, 5) is 27.3. The van der Waals surface area contributed by atoms with E-state index in [-0.39, 0.29) is 18.4 Å². The van der Waals surface area contributed by atoms with Crippen molar-refractivity contribution in [1.82, 2.24) is 9.80 Å². The van der Waals surface area contributed by atoms with Crippen molar-refractivity contribution in [1.29, 1.82) is 0 Å². The summed E-state index contributed by atoms with van der Waals surface area (Å²) in [7, 11) is 1.62. The van der Waals surface area contributed by atoms with Gasteiger partial charge >= 0.3 is 0 Å². The lowest BCUT2D eigenvalue weighted by Crippen LogP contribution is -2.41. The number of nitrogens with zero attached hydrogens (tertiary/aromatic N) is 2. The minimum atomic E-state index is -0.205. The van der Waals surface area contributed by atoms with Gasteiger partial charge in [0.1, 0.15) is 0 Å². The Labute approximate surface area is 138 Å². The van der Waals surface area contributed by atoms with E-state index in [1.165, 1.54) is 4.90 Å². The molecule has 0 N–H and O–H groups in total. The van der Waals surface area contributed by atoms with Gasteiger partial charge in [0.05, 0.1) is 11.6 Å². The maximum absolute atomic E-state index is 12.2. The lowest BCUT2D eigenvalue weighted by atomic mass is 10.2. The average Bonchev–Trinajstić information content (AvgIpc) is 2.42. The molecule has 2 amide bonds. The topological polar surface area (TPSA) is 40.6 Å². The number of carbonyl (C=O) groups is 2. The van der Waals surface area contributed by atoms with Gasteiger partial charge in [-0.25, -0.2) is 0 Å². The normalized spacial score (nSPS) is 10.2. The minimum Gasteiger partial charge on any atom is -0.342 e. The van der Waals surface area contributed by atoms with Crippen molar-refractivity contribution in [2.75, 3.05) is 26.7 Å². The van der Waals surface area contributed by atoms with Crippen LogP contribution in [-0.4, -0.2) is 48.3 Å². The highest BCUT2D eigenvalue weighted by Gasteiger charge is 2.18. The molecule has 1 aromatic carbocycles. The molecule has 6 heteroatoms. The lowest BCUT2D eigenvalue weighted by molar-refractivity contribution is -0.131. The third-order valence-corrected chi connectivity index (χ3v) is 4.57. The van der Waals surface area contributed by atoms with Crippen molar-refractivity contribution in [3.05, 3.63) is 32.4 Å². The molecule has 1 aromatic rings. The first-order chi connectivity index (χ1) is 9.40. The van der Waals surface area contributed by atoms with Gasteiger partial charge in [0.2, 0.25) is 5.91 Å². The molecule has 0 saturated carbocycles. The van der Waals surface area contributed by atoms with Crippen LogP contribution < -0.4 is 0 Å². The molecule has 0 unspecified atom stereocenters. The zero-order chi connectivity index (χ0) is 15.3. The molecule has 110 valence electrons. The molecule has 20 heavy (non-hydrogen) atoms. The van der Waals surface area contributed by atoms with Gasteiger partial charge in [-0.1, -0.05) is 11.6 Å². The van der Waals surface area contributed by atoms with E-state index >= 15 is 0 Å². The van der Waals surface area contributed by atoms with Gasteiger partial charge in [-0.2, -0.15) is 0 Å². The van der Waals surface area contributed by atoms with Crippen LogP contribution in [0.3, 0.4) is 0 Å². The number of benzene rings is 1. The van der Waals surface area contributed by atoms with Crippen LogP contribution in [0.1, 0.15) is 24.2 Å². The monoisotopic (exact) mass is 408 g/mol. The van der Waals surface area contributed by atoms with Crippen LogP contribution in [0, 0.1) is 3.57 Å². The number of amides is 2. The number of carbonyl (C=O) groups excluding carboxylic acids is 2. The van der Waals surface area contributed by atoms with Crippen LogP contribution in [0.25, 0.3) is 0 Å². The maximum atomic E-state index is 12.2. The quantitative estimate of drug-likeness (QED) is 0.703. The Hall–Kier alpha value is -0.820. The fraction of sp³-hybridized carbons (Fsp3) is 0.429. The van der Waals surface area contributed by atoms with E-state index < -0.39 is 0 Å². The second-order valence-corrected chi connectivity index (χ2v) is 5.93. The first-order valence-electron chi connectivity index (χ1n) is 6.39. The smallest absolute Gasteiger partial charge is 0.254 e. The summed E-state index contributed by atoms with van der Waals surface area (Å²) >= 11 is 8.11. The summed E-state index contributed by atoms with van der Waals surface area (Å²) in [5, 5.41) is 0.542. The van der Waals surface area contributed by atoms with Gasteiger partial charge in [-0.05, 0) is 54.6 Å². The Morgan fingerprint density at radius 3 is 2.35 bits per heavy atom. The average molecular weight is 409 g/mol. The molecule has 0 aromatic heterocycles. The minimum absolute atomic E-state index is 0.0533. The van der Waals surface area contributed by atoms with Crippen molar-refractivity contribution >= 4 is 46.0 Å². The predicted octanol–water partition coefficient (Wildman–Crippen LogP) is 2.89. The van der Waals surface area contributed by atoms with Crippen LogP contribution in [0.15, 0.2) is 18.2 Å². The van der Waals surface area contributed by atoms with Gasteiger partial charge in [0.15, 0.2) is 0 Å². The number of halogens is 2. The van der Waals surface area contributed by atoms with Crippen LogP contribution in [0.5, 0.6) is 0 Å². The van der Waals surface area contributed by atoms with E-state index in [1.54, 1.807) is 30.1 Å². The molecule has 0 heterocycles. The molecule has 0 aliphatic rings. The van der Waals surface area contributed by atoms with Crippen molar-refractivity contribution in [2.24, 2.45) is 0 Å². The van der Waals surface area contributed by atoms with Crippen LogP contribution in [0.2, 0.25) is 5.02 Å². The van der Waals surface area contributed by atoms with Crippen LogP contribution in [0.4, 0.5) is 0 Å².